The predicted molar refractivity (Wildman–Crippen MR) is 124 cm³/mol. The normalized spacial score (nSPS) is 10.8. The van der Waals surface area contributed by atoms with Crippen molar-refractivity contribution in [2.45, 2.75) is 0 Å². The molecule has 4 rings (SSSR count). The third-order valence-electron chi connectivity index (χ3n) is 4.16. The summed E-state index contributed by atoms with van der Waals surface area (Å²) in [7, 11) is 0. The molecule has 0 bridgehead atoms. The van der Waals surface area contributed by atoms with E-state index in [0.29, 0.717) is 5.69 Å². The molecule has 6 nitrogen and oxygen atoms in total. The average Bonchev–Trinajstić information content (AvgIpc) is 3.13. The first kappa shape index (κ1) is 19.7. The van der Waals surface area contributed by atoms with Crippen LogP contribution in [0.4, 0.5) is 11.4 Å². The number of benzene rings is 3. The molecule has 29 heavy (non-hydrogen) atoms. The van der Waals surface area contributed by atoms with E-state index in [0.717, 1.165) is 24.4 Å². The van der Waals surface area contributed by atoms with Gasteiger partial charge in [-0.25, -0.2) is 4.98 Å². The number of thiazole rings is 1. The number of non-ortho nitro benzene ring substituents is 1. The maximum atomic E-state index is 12.8. The van der Waals surface area contributed by atoms with Crippen molar-refractivity contribution in [3.8, 4) is 10.6 Å². The van der Waals surface area contributed by atoms with Crippen molar-refractivity contribution in [2.24, 2.45) is 0 Å². The molecule has 0 saturated carbocycles. The van der Waals surface area contributed by atoms with Crippen molar-refractivity contribution < 1.29 is 9.72 Å². The van der Waals surface area contributed by atoms with Gasteiger partial charge >= 0.3 is 0 Å². The van der Waals surface area contributed by atoms with Gasteiger partial charge in [-0.3, -0.25) is 14.9 Å². The van der Waals surface area contributed by atoms with E-state index in [-0.39, 0.29) is 16.3 Å². The highest BCUT2D eigenvalue weighted by Gasteiger charge is 2.18. The number of carbonyl (C=O) groups is 1. The zero-order valence-corrected chi connectivity index (χ0v) is 18.3. The molecule has 4 aromatic rings. The molecule has 1 N–H and O–H groups in total. The van der Waals surface area contributed by atoms with Crippen LogP contribution in [0, 0.1) is 13.7 Å². The summed E-state index contributed by atoms with van der Waals surface area (Å²) >= 11 is 9.84. The monoisotopic (exact) mass is 535 g/mol. The fourth-order valence-electron chi connectivity index (χ4n) is 2.78. The van der Waals surface area contributed by atoms with E-state index in [4.69, 9.17) is 11.6 Å². The highest BCUT2D eigenvalue weighted by molar-refractivity contribution is 14.1. The van der Waals surface area contributed by atoms with Crippen LogP contribution < -0.4 is 5.32 Å². The van der Waals surface area contributed by atoms with Gasteiger partial charge in [0.15, 0.2) is 0 Å². The predicted octanol–water partition coefficient (Wildman–Crippen LogP) is 6.38. The summed E-state index contributed by atoms with van der Waals surface area (Å²) in [6, 6.07) is 17.2. The second-order valence-corrected chi connectivity index (χ2v) is 8.74. The van der Waals surface area contributed by atoms with Gasteiger partial charge in [-0.1, -0.05) is 23.7 Å². The quantitative estimate of drug-likeness (QED) is 0.187. The van der Waals surface area contributed by atoms with Crippen molar-refractivity contribution in [2.75, 3.05) is 5.32 Å². The maximum Gasteiger partial charge on any atom is 0.270 e. The zero-order valence-electron chi connectivity index (χ0n) is 14.6. The van der Waals surface area contributed by atoms with Crippen LogP contribution in [0.3, 0.4) is 0 Å². The third kappa shape index (κ3) is 4.09. The van der Waals surface area contributed by atoms with Gasteiger partial charge in [0.1, 0.15) is 5.01 Å². The standard InChI is InChI=1S/C20H11ClIN3O3S/c21-15-10-12(25(27)28)6-7-13(15)19(26)23-16-8-5-11(22)9-14(16)20-24-17-3-1-2-4-18(17)29-20/h1-10H,(H,23,26). The topological polar surface area (TPSA) is 85.1 Å². The van der Waals surface area contributed by atoms with E-state index in [1.165, 1.54) is 29.5 Å². The van der Waals surface area contributed by atoms with Gasteiger partial charge in [-0.2, -0.15) is 0 Å². The summed E-state index contributed by atoms with van der Waals surface area (Å²) in [6.07, 6.45) is 0. The van der Waals surface area contributed by atoms with Gasteiger partial charge in [0.05, 0.1) is 31.4 Å². The van der Waals surface area contributed by atoms with Crippen LogP contribution in [-0.2, 0) is 0 Å². The second-order valence-electron chi connectivity index (χ2n) is 6.05. The summed E-state index contributed by atoms with van der Waals surface area (Å²) in [4.78, 5) is 27.8. The number of nitrogens with zero attached hydrogens (tertiary/aromatic N) is 2. The Hall–Kier alpha value is -2.56. The molecule has 0 radical (unpaired) electrons. The van der Waals surface area contributed by atoms with E-state index in [1.807, 2.05) is 36.4 Å². The lowest BCUT2D eigenvalue weighted by atomic mass is 10.1. The van der Waals surface area contributed by atoms with Crippen LogP contribution in [0.5, 0.6) is 0 Å². The number of hydrogen-bond acceptors (Lipinski definition) is 5. The fraction of sp³-hybridized carbons (Fsp3) is 0. The van der Waals surface area contributed by atoms with Crippen LogP contribution >= 0.6 is 45.5 Å². The molecule has 0 spiro atoms. The lowest BCUT2D eigenvalue weighted by molar-refractivity contribution is -0.384. The lowest BCUT2D eigenvalue weighted by Gasteiger charge is -2.11. The van der Waals surface area contributed by atoms with Crippen molar-refractivity contribution >= 4 is 73.0 Å². The number of nitro groups is 1. The highest BCUT2D eigenvalue weighted by atomic mass is 127. The lowest BCUT2D eigenvalue weighted by Crippen LogP contribution is -2.13. The number of hydrogen-bond donors (Lipinski definition) is 1. The third-order valence-corrected chi connectivity index (χ3v) is 6.22. The average molecular weight is 536 g/mol. The summed E-state index contributed by atoms with van der Waals surface area (Å²) in [5, 5.41) is 14.5. The van der Waals surface area contributed by atoms with Crippen LogP contribution in [-0.4, -0.2) is 15.8 Å². The number of amides is 1. The maximum absolute atomic E-state index is 12.8. The fourth-order valence-corrected chi connectivity index (χ4v) is 4.53. The van der Waals surface area contributed by atoms with Gasteiger partial charge in [-0.15, -0.1) is 11.3 Å². The van der Waals surface area contributed by atoms with Crippen molar-refractivity contribution in [1.29, 1.82) is 0 Å². The smallest absolute Gasteiger partial charge is 0.270 e. The molecule has 1 amide bonds. The first-order valence-electron chi connectivity index (χ1n) is 8.33. The first-order chi connectivity index (χ1) is 13.9. The number of halogens is 2. The zero-order chi connectivity index (χ0) is 20.5. The molecule has 1 aromatic heterocycles. The van der Waals surface area contributed by atoms with Crippen LogP contribution in [0.15, 0.2) is 60.7 Å². The van der Waals surface area contributed by atoms with Crippen LogP contribution in [0.25, 0.3) is 20.8 Å². The molecule has 1 heterocycles. The van der Waals surface area contributed by atoms with Gasteiger partial charge in [0.25, 0.3) is 11.6 Å². The van der Waals surface area contributed by atoms with E-state index in [1.54, 1.807) is 6.07 Å². The Bertz CT molecular complexity index is 1240. The Morgan fingerprint density at radius 2 is 1.93 bits per heavy atom. The Morgan fingerprint density at radius 1 is 1.14 bits per heavy atom. The van der Waals surface area contributed by atoms with Gasteiger partial charge < -0.3 is 5.32 Å². The second kappa shape index (κ2) is 8.05. The number of nitro benzene ring substituents is 1. The van der Waals surface area contributed by atoms with Crippen molar-refractivity contribution in [3.63, 3.8) is 0 Å². The number of fused-ring (bicyclic) bond motifs is 1. The molecule has 0 aliphatic carbocycles. The Morgan fingerprint density at radius 3 is 2.66 bits per heavy atom. The molecule has 0 aliphatic rings. The first-order valence-corrected chi connectivity index (χ1v) is 10.6. The van der Waals surface area contributed by atoms with E-state index in [2.05, 4.69) is 32.9 Å². The number of carbonyl (C=O) groups excluding carboxylic acids is 1. The minimum Gasteiger partial charge on any atom is -0.321 e. The van der Waals surface area contributed by atoms with Gasteiger partial charge in [0.2, 0.25) is 0 Å². The molecule has 0 unspecified atom stereocenters. The number of anilines is 1. The van der Waals surface area contributed by atoms with Crippen molar-refractivity contribution in [3.05, 3.63) is 84.9 Å². The Labute approximate surface area is 187 Å². The summed E-state index contributed by atoms with van der Waals surface area (Å²) < 4.78 is 2.06. The Balaban J connectivity index is 1.71. The Kier molecular flexibility index (Phi) is 5.48. The number of rotatable bonds is 4. The molecule has 144 valence electrons. The molecule has 0 atom stereocenters. The minimum absolute atomic E-state index is 0.0174. The van der Waals surface area contributed by atoms with E-state index >= 15 is 0 Å². The largest absolute Gasteiger partial charge is 0.321 e. The minimum atomic E-state index is -0.558. The highest BCUT2D eigenvalue weighted by Crippen LogP contribution is 2.36. The van der Waals surface area contributed by atoms with Gasteiger partial charge in [0, 0.05) is 21.3 Å². The SMILES string of the molecule is O=C(Nc1ccc(I)cc1-c1nc2ccccc2s1)c1ccc([N+](=O)[O-])cc1Cl. The molecule has 3 aromatic carbocycles. The molecule has 0 saturated heterocycles. The van der Waals surface area contributed by atoms with Crippen LogP contribution in [0.1, 0.15) is 10.4 Å². The van der Waals surface area contributed by atoms with Crippen LogP contribution in [0.2, 0.25) is 5.02 Å². The number of nitrogens with one attached hydrogen (secondary N) is 1. The van der Waals surface area contributed by atoms with Crippen molar-refractivity contribution in [1.82, 2.24) is 4.98 Å². The molecular weight excluding hydrogens is 525 g/mol. The molecular formula is C20H11ClIN3O3S. The number of para-hydroxylation sites is 1. The molecule has 0 aliphatic heterocycles. The van der Waals surface area contributed by atoms with E-state index in [9.17, 15) is 14.9 Å². The molecule has 0 fully saturated rings. The summed E-state index contributed by atoms with van der Waals surface area (Å²) in [6.45, 7) is 0. The molecule has 9 heteroatoms. The van der Waals surface area contributed by atoms with Gasteiger partial charge in [-0.05, 0) is 59.0 Å². The van der Waals surface area contributed by atoms with E-state index < -0.39 is 10.8 Å². The summed E-state index contributed by atoms with van der Waals surface area (Å²) in [5.41, 5.74) is 2.26. The number of aromatic nitrogens is 1. The summed E-state index contributed by atoms with van der Waals surface area (Å²) in [5.74, 6) is -0.450.